The van der Waals surface area contributed by atoms with Gasteiger partial charge in [-0.05, 0) is 25.1 Å². The maximum absolute atomic E-state index is 14.1. The number of hydrogen-bond acceptors (Lipinski definition) is 2. The summed E-state index contributed by atoms with van der Waals surface area (Å²) in [6, 6.07) is 3.38. The second-order valence-electron chi connectivity index (χ2n) is 4.80. The van der Waals surface area contributed by atoms with Crippen molar-refractivity contribution in [1.82, 2.24) is 5.32 Å². The fourth-order valence-electron chi connectivity index (χ4n) is 2.34. The van der Waals surface area contributed by atoms with E-state index in [1.807, 2.05) is 13.8 Å². The van der Waals surface area contributed by atoms with Crippen molar-refractivity contribution in [2.24, 2.45) is 0 Å². The Morgan fingerprint density at radius 3 is 2.48 bits per heavy atom. The average Bonchev–Trinajstić information content (AvgIpc) is 2.95. The Labute approximate surface area is 122 Å². The van der Waals surface area contributed by atoms with Crippen LogP contribution >= 0.6 is 0 Å². The molecular weight excluding hydrogens is 279 g/mol. The number of benzene rings is 1. The Kier molecular flexibility index (Phi) is 5.07. The topological polar surface area (TPSA) is 25.2 Å². The van der Waals surface area contributed by atoms with Gasteiger partial charge in [0.05, 0.1) is 12.3 Å². The number of aryl methyl sites for hydroxylation is 1. The summed E-state index contributed by atoms with van der Waals surface area (Å²) in [6.07, 6.45) is 2.99. The number of hydrogen-bond donors (Lipinski definition) is 1. The van der Waals surface area contributed by atoms with Crippen LogP contribution in [0.4, 0.5) is 13.2 Å². The standard InChI is InChI=1S/C16H18F3NO/c1-3-8-20-16(10-7-9-21-13(10)4-2)11-5-6-12(17)15(19)14(11)18/h5-7,9,16,20H,3-4,8H2,1-2H3. The zero-order valence-corrected chi connectivity index (χ0v) is 12.1. The first-order chi connectivity index (χ1) is 10.1. The first-order valence-corrected chi connectivity index (χ1v) is 7.03. The molecule has 0 saturated heterocycles. The van der Waals surface area contributed by atoms with Crippen LogP contribution in [0, 0.1) is 17.5 Å². The molecule has 21 heavy (non-hydrogen) atoms. The van der Waals surface area contributed by atoms with Gasteiger partial charge in [0.15, 0.2) is 17.5 Å². The Bertz CT molecular complexity index is 610. The second-order valence-corrected chi connectivity index (χ2v) is 4.80. The van der Waals surface area contributed by atoms with E-state index in [1.165, 1.54) is 12.3 Å². The molecule has 1 atom stereocenters. The van der Waals surface area contributed by atoms with E-state index in [2.05, 4.69) is 5.32 Å². The molecule has 0 fully saturated rings. The van der Waals surface area contributed by atoms with Crippen LogP contribution in [0.2, 0.25) is 0 Å². The van der Waals surface area contributed by atoms with Crippen molar-refractivity contribution in [2.75, 3.05) is 6.54 Å². The maximum Gasteiger partial charge on any atom is 0.194 e. The fraction of sp³-hybridized carbons (Fsp3) is 0.375. The van der Waals surface area contributed by atoms with E-state index < -0.39 is 23.5 Å². The second kappa shape index (κ2) is 6.80. The Morgan fingerprint density at radius 1 is 1.05 bits per heavy atom. The van der Waals surface area contributed by atoms with Crippen LogP contribution in [-0.2, 0) is 6.42 Å². The molecule has 2 aromatic rings. The van der Waals surface area contributed by atoms with E-state index in [4.69, 9.17) is 4.42 Å². The Morgan fingerprint density at radius 2 is 1.81 bits per heavy atom. The summed E-state index contributed by atoms with van der Waals surface area (Å²) >= 11 is 0. The van der Waals surface area contributed by atoms with Crippen LogP contribution in [0.3, 0.4) is 0 Å². The highest BCUT2D eigenvalue weighted by molar-refractivity contribution is 5.35. The molecule has 1 heterocycles. The summed E-state index contributed by atoms with van der Waals surface area (Å²) in [4.78, 5) is 0. The molecule has 1 aromatic heterocycles. The average molecular weight is 297 g/mol. The lowest BCUT2D eigenvalue weighted by atomic mass is 9.97. The van der Waals surface area contributed by atoms with E-state index in [0.717, 1.165) is 18.1 Å². The van der Waals surface area contributed by atoms with Crippen molar-refractivity contribution in [1.29, 1.82) is 0 Å². The molecule has 1 N–H and O–H groups in total. The monoisotopic (exact) mass is 297 g/mol. The van der Waals surface area contributed by atoms with Crippen LogP contribution < -0.4 is 5.32 Å². The zero-order chi connectivity index (χ0) is 15.4. The van der Waals surface area contributed by atoms with Gasteiger partial charge in [0.2, 0.25) is 0 Å². The molecule has 0 aliphatic carbocycles. The summed E-state index contributed by atoms with van der Waals surface area (Å²) in [7, 11) is 0. The summed E-state index contributed by atoms with van der Waals surface area (Å²) in [5, 5.41) is 3.16. The first-order valence-electron chi connectivity index (χ1n) is 7.03. The summed E-state index contributed by atoms with van der Waals surface area (Å²) < 4.78 is 46.0. The molecule has 2 nitrogen and oxygen atoms in total. The fourth-order valence-corrected chi connectivity index (χ4v) is 2.34. The van der Waals surface area contributed by atoms with Gasteiger partial charge in [0.25, 0.3) is 0 Å². The molecule has 1 aromatic carbocycles. The van der Waals surface area contributed by atoms with Crippen LogP contribution in [-0.4, -0.2) is 6.54 Å². The highest BCUT2D eigenvalue weighted by Gasteiger charge is 2.24. The quantitative estimate of drug-likeness (QED) is 0.802. The molecule has 5 heteroatoms. The van der Waals surface area contributed by atoms with Gasteiger partial charge in [-0.3, -0.25) is 0 Å². The van der Waals surface area contributed by atoms with E-state index in [1.54, 1.807) is 6.07 Å². The molecule has 0 spiro atoms. The predicted octanol–water partition coefficient (Wildman–Crippen LogP) is 4.35. The highest BCUT2D eigenvalue weighted by Crippen LogP contribution is 2.30. The third kappa shape index (κ3) is 3.13. The van der Waals surface area contributed by atoms with Crippen LogP contribution in [0.15, 0.2) is 28.9 Å². The lowest BCUT2D eigenvalue weighted by Gasteiger charge is -2.20. The SMILES string of the molecule is CCCNC(c1ccoc1CC)c1ccc(F)c(F)c1F. The number of halogens is 3. The molecule has 2 rings (SSSR count). The Balaban J connectivity index is 2.48. The largest absolute Gasteiger partial charge is 0.469 e. The van der Waals surface area contributed by atoms with Crippen molar-refractivity contribution in [3.05, 3.63) is 58.8 Å². The maximum atomic E-state index is 14.1. The first kappa shape index (κ1) is 15.6. The van der Waals surface area contributed by atoms with Gasteiger partial charge < -0.3 is 9.73 Å². The third-order valence-electron chi connectivity index (χ3n) is 3.39. The number of rotatable bonds is 6. The Hall–Kier alpha value is -1.75. The van der Waals surface area contributed by atoms with Crippen LogP contribution in [0.1, 0.15) is 43.2 Å². The normalized spacial score (nSPS) is 12.6. The van der Waals surface area contributed by atoms with Crippen LogP contribution in [0.25, 0.3) is 0 Å². The van der Waals surface area contributed by atoms with Gasteiger partial charge in [-0.15, -0.1) is 0 Å². The van der Waals surface area contributed by atoms with Gasteiger partial charge >= 0.3 is 0 Å². The van der Waals surface area contributed by atoms with Gasteiger partial charge in [-0.25, -0.2) is 13.2 Å². The number of furan rings is 1. The molecule has 0 bridgehead atoms. The lowest BCUT2D eigenvalue weighted by Crippen LogP contribution is -2.25. The van der Waals surface area contributed by atoms with Gasteiger partial charge in [-0.1, -0.05) is 19.9 Å². The zero-order valence-electron chi connectivity index (χ0n) is 12.1. The van der Waals surface area contributed by atoms with E-state index in [9.17, 15) is 13.2 Å². The van der Waals surface area contributed by atoms with Gasteiger partial charge in [0, 0.05) is 17.5 Å². The lowest BCUT2D eigenvalue weighted by molar-refractivity contribution is 0.430. The number of nitrogens with one attached hydrogen (secondary N) is 1. The molecule has 0 aliphatic heterocycles. The third-order valence-corrected chi connectivity index (χ3v) is 3.39. The molecule has 114 valence electrons. The predicted molar refractivity (Wildman–Crippen MR) is 74.5 cm³/mol. The van der Waals surface area contributed by atoms with Crippen molar-refractivity contribution in [3.8, 4) is 0 Å². The smallest absolute Gasteiger partial charge is 0.194 e. The van der Waals surface area contributed by atoms with Crippen molar-refractivity contribution < 1.29 is 17.6 Å². The van der Waals surface area contributed by atoms with Crippen molar-refractivity contribution in [3.63, 3.8) is 0 Å². The van der Waals surface area contributed by atoms with Crippen molar-refractivity contribution >= 4 is 0 Å². The van der Waals surface area contributed by atoms with E-state index >= 15 is 0 Å². The van der Waals surface area contributed by atoms with E-state index in [-0.39, 0.29) is 5.56 Å². The molecule has 0 aliphatic rings. The summed E-state index contributed by atoms with van der Waals surface area (Å²) in [6.45, 7) is 4.51. The van der Waals surface area contributed by atoms with Crippen LogP contribution in [0.5, 0.6) is 0 Å². The highest BCUT2D eigenvalue weighted by atomic mass is 19.2. The molecular formula is C16H18F3NO. The minimum Gasteiger partial charge on any atom is -0.469 e. The van der Waals surface area contributed by atoms with Gasteiger partial charge in [0.1, 0.15) is 5.76 Å². The van der Waals surface area contributed by atoms with Gasteiger partial charge in [-0.2, -0.15) is 0 Å². The molecule has 0 radical (unpaired) electrons. The van der Waals surface area contributed by atoms with E-state index in [0.29, 0.717) is 18.7 Å². The molecule has 0 saturated carbocycles. The summed E-state index contributed by atoms with van der Waals surface area (Å²) in [5.74, 6) is -3.09. The minimum absolute atomic E-state index is 0.0819. The molecule has 0 amide bonds. The minimum atomic E-state index is -1.45. The summed E-state index contributed by atoms with van der Waals surface area (Å²) in [5.41, 5.74) is 0.828. The van der Waals surface area contributed by atoms with Crippen molar-refractivity contribution in [2.45, 2.75) is 32.7 Å². The molecule has 1 unspecified atom stereocenters.